The van der Waals surface area contributed by atoms with E-state index in [1.54, 1.807) is 11.8 Å². The van der Waals surface area contributed by atoms with Crippen LogP contribution in [0.5, 0.6) is 0 Å². The molecule has 15 heavy (non-hydrogen) atoms. The third kappa shape index (κ3) is 2.07. The Morgan fingerprint density at radius 1 is 1.33 bits per heavy atom. The number of fused-ring (bicyclic) bond motifs is 1. The Kier molecular flexibility index (Phi) is 2.82. The molecule has 0 atom stereocenters. The lowest BCUT2D eigenvalue weighted by atomic mass is 10.0. The van der Waals surface area contributed by atoms with E-state index in [0.29, 0.717) is 0 Å². The van der Waals surface area contributed by atoms with Crippen molar-refractivity contribution in [3.05, 3.63) is 46.5 Å². The van der Waals surface area contributed by atoms with Crippen LogP contribution in [0.1, 0.15) is 15.9 Å². The molecule has 0 N–H and O–H groups in total. The normalized spacial score (nSPS) is 17.7. The number of carbonyl (C=O) groups is 1. The first-order chi connectivity index (χ1) is 7.18. The Morgan fingerprint density at radius 2 is 2.07 bits per heavy atom. The summed E-state index contributed by atoms with van der Waals surface area (Å²) >= 11 is 1.61. The van der Waals surface area contributed by atoms with E-state index < -0.39 is 0 Å². The minimum absolute atomic E-state index is 0.149. The fourth-order valence-electron chi connectivity index (χ4n) is 1.55. The maximum atomic E-state index is 12.0. The van der Waals surface area contributed by atoms with Crippen LogP contribution in [0.15, 0.2) is 35.4 Å². The van der Waals surface area contributed by atoms with Gasteiger partial charge in [0, 0.05) is 31.6 Å². The number of rotatable bonds is 1. The Balaban J connectivity index is 2.38. The molecule has 0 unspecified atom stereocenters. The molecule has 78 valence electrons. The average molecular weight is 219 g/mol. The molecule has 0 saturated carbocycles. The Bertz CT molecular complexity index is 423. The van der Waals surface area contributed by atoms with Crippen molar-refractivity contribution in [2.24, 2.45) is 0 Å². The molecule has 2 nitrogen and oxygen atoms in total. The average Bonchev–Trinajstić information content (AvgIpc) is 2.22. The molecule has 0 aromatic heterocycles. The van der Waals surface area contributed by atoms with Crippen molar-refractivity contribution in [3.8, 4) is 0 Å². The van der Waals surface area contributed by atoms with Crippen molar-refractivity contribution in [2.45, 2.75) is 5.75 Å². The van der Waals surface area contributed by atoms with Crippen molar-refractivity contribution in [3.63, 3.8) is 0 Å². The minimum atomic E-state index is 0.149. The van der Waals surface area contributed by atoms with E-state index in [2.05, 4.69) is 0 Å². The molecule has 0 saturated heterocycles. The quantitative estimate of drug-likeness (QED) is 0.677. The zero-order valence-corrected chi connectivity index (χ0v) is 9.67. The number of nitrogens with zero attached hydrogens (tertiary/aromatic N) is 1. The second-order valence-corrected chi connectivity index (χ2v) is 4.75. The highest BCUT2D eigenvalue weighted by atomic mass is 32.2. The van der Waals surface area contributed by atoms with Crippen LogP contribution in [0.4, 0.5) is 0 Å². The number of benzene rings is 1. The first-order valence-electron chi connectivity index (χ1n) is 4.82. The minimum Gasteiger partial charge on any atom is -0.382 e. The Hall–Kier alpha value is -1.22. The van der Waals surface area contributed by atoms with Gasteiger partial charge in [0.15, 0.2) is 0 Å². The van der Waals surface area contributed by atoms with Gasteiger partial charge in [-0.05, 0) is 5.56 Å². The summed E-state index contributed by atoms with van der Waals surface area (Å²) in [7, 11) is 3.86. The molecule has 1 heterocycles. The summed E-state index contributed by atoms with van der Waals surface area (Å²) in [6.07, 6.45) is 1.89. The first kappa shape index (κ1) is 10.3. The van der Waals surface area contributed by atoms with E-state index in [9.17, 15) is 4.79 Å². The SMILES string of the molecule is CN(C)/C=C1/SCc2ccccc2C1=O. The van der Waals surface area contributed by atoms with E-state index in [1.807, 2.05) is 49.5 Å². The van der Waals surface area contributed by atoms with Crippen molar-refractivity contribution in [1.82, 2.24) is 4.90 Å². The summed E-state index contributed by atoms with van der Waals surface area (Å²) in [5.74, 6) is 1.04. The van der Waals surface area contributed by atoms with Crippen molar-refractivity contribution >= 4 is 17.5 Å². The predicted molar refractivity (Wildman–Crippen MR) is 63.8 cm³/mol. The summed E-state index contributed by atoms with van der Waals surface area (Å²) in [5.41, 5.74) is 1.99. The lowest BCUT2D eigenvalue weighted by Crippen LogP contribution is -2.13. The smallest absolute Gasteiger partial charge is 0.201 e. The van der Waals surface area contributed by atoms with Crippen LogP contribution >= 0.6 is 11.8 Å². The standard InChI is InChI=1S/C12H13NOS/c1-13(2)7-11-12(14)10-6-4-3-5-9(10)8-15-11/h3-7H,8H2,1-2H3/b11-7+. The zero-order chi connectivity index (χ0) is 10.8. The van der Waals surface area contributed by atoms with Crippen LogP contribution in [0, 0.1) is 0 Å². The second-order valence-electron chi connectivity index (χ2n) is 3.73. The first-order valence-corrected chi connectivity index (χ1v) is 5.80. The van der Waals surface area contributed by atoms with Crippen LogP contribution in [0.25, 0.3) is 0 Å². The van der Waals surface area contributed by atoms with Gasteiger partial charge in [0.2, 0.25) is 5.78 Å². The molecular formula is C12H13NOS. The van der Waals surface area contributed by atoms with Gasteiger partial charge in [0.25, 0.3) is 0 Å². The fourth-order valence-corrected chi connectivity index (χ4v) is 2.64. The van der Waals surface area contributed by atoms with Crippen LogP contribution in [-0.2, 0) is 5.75 Å². The number of allylic oxidation sites excluding steroid dienone is 1. The maximum Gasteiger partial charge on any atom is 0.201 e. The van der Waals surface area contributed by atoms with E-state index in [-0.39, 0.29) is 5.78 Å². The van der Waals surface area contributed by atoms with Crippen molar-refractivity contribution in [1.29, 1.82) is 0 Å². The molecule has 0 bridgehead atoms. The molecule has 0 radical (unpaired) electrons. The van der Waals surface area contributed by atoms with Gasteiger partial charge < -0.3 is 4.90 Å². The van der Waals surface area contributed by atoms with Crippen LogP contribution in [0.3, 0.4) is 0 Å². The van der Waals surface area contributed by atoms with Gasteiger partial charge in [-0.2, -0.15) is 0 Å². The van der Waals surface area contributed by atoms with Gasteiger partial charge in [-0.25, -0.2) is 0 Å². The van der Waals surface area contributed by atoms with Gasteiger partial charge in [0.05, 0.1) is 4.91 Å². The molecule has 3 heteroatoms. The number of thioether (sulfide) groups is 1. The van der Waals surface area contributed by atoms with Gasteiger partial charge in [0.1, 0.15) is 0 Å². The van der Waals surface area contributed by atoms with E-state index in [1.165, 1.54) is 0 Å². The maximum absolute atomic E-state index is 12.0. The highest BCUT2D eigenvalue weighted by Crippen LogP contribution is 2.32. The second kappa shape index (κ2) is 4.11. The number of hydrogen-bond acceptors (Lipinski definition) is 3. The topological polar surface area (TPSA) is 20.3 Å². The largest absolute Gasteiger partial charge is 0.382 e. The summed E-state index contributed by atoms with van der Waals surface area (Å²) in [6, 6.07) is 7.82. The third-order valence-electron chi connectivity index (χ3n) is 2.24. The summed E-state index contributed by atoms with van der Waals surface area (Å²) in [4.78, 5) is 14.8. The predicted octanol–water partition coefficient (Wildman–Crippen LogP) is 2.52. The van der Waals surface area contributed by atoms with Crippen molar-refractivity contribution in [2.75, 3.05) is 14.1 Å². The van der Waals surface area contributed by atoms with E-state index in [4.69, 9.17) is 0 Å². The highest BCUT2D eigenvalue weighted by Gasteiger charge is 2.21. The number of ketones is 1. The van der Waals surface area contributed by atoms with Crippen molar-refractivity contribution < 1.29 is 4.79 Å². The van der Waals surface area contributed by atoms with Crippen LogP contribution < -0.4 is 0 Å². The lowest BCUT2D eigenvalue weighted by molar-refractivity contribution is 0.104. The van der Waals surface area contributed by atoms with Gasteiger partial charge in [-0.1, -0.05) is 24.3 Å². The summed E-state index contributed by atoms with van der Waals surface area (Å²) in [5, 5.41) is 0. The highest BCUT2D eigenvalue weighted by molar-refractivity contribution is 8.03. The Morgan fingerprint density at radius 3 is 2.80 bits per heavy atom. The van der Waals surface area contributed by atoms with E-state index >= 15 is 0 Å². The molecule has 1 aromatic carbocycles. The van der Waals surface area contributed by atoms with Gasteiger partial charge >= 0.3 is 0 Å². The summed E-state index contributed by atoms with van der Waals surface area (Å²) < 4.78 is 0. The van der Waals surface area contributed by atoms with Crippen LogP contribution in [-0.4, -0.2) is 24.8 Å². The van der Waals surface area contributed by atoms with Gasteiger partial charge in [-0.15, -0.1) is 11.8 Å². The number of carbonyl (C=O) groups excluding carboxylic acids is 1. The third-order valence-corrected chi connectivity index (χ3v) is 3.30. The molecule has 0 fully saturated rings. The summed E-state index contributed by atoms with van der Waals surface area (Å²) in [6.45, 7) is 0. The molecule has 1 aromatic rings. The molecule has 0 aliphatic carbocycles. The van der Waals surface area contributed by atoms with Crippen LogP contribution in [0.2, 0.25) is 0 Å². The van der Waals surface area contributed by atoms with E-state index in [0.717, 1.165) is 21.8 Å². The number of hydrogen-bond donors (Lipinski definition) is 0. The van der Waals surface area contributed by atoms with Gasteiger partial charge in [-0.3, -0.25) is 4.79 Å². The molecule has 2 rings (SSSR count). The monoisotopic (exact) mass is 219 g/mol. The zero-order valence-electron chi connectivity index (χ0n) is 8.86. The molecular weight excluding hydrogens is 206 g/mol. The fraction of sp³-hybridized carbons (Fsp3) is 0.250. The lowest BCUT2D eigenvalue weighted by Gasteiger charge is -2.18. The molecule has 0 amide bonds. The molecule has 0 spiro atoms. The number of Topliss-reactive ketones (excluding diaryl/α,β-unsaturated/α-hetero) is 1. The molecule has 1 aliphatic heterocycles. The molecule has 1 aliphatic rings. The Labute approximate surface area is 94.0 Å².